The smallest absolute Gasteiger partial charge is 0.246 e. The number of nitrogens with zero attached hydrogens (tertiary/aromatic N) is 2. The molecule has 0 unspecified atom stereocenters. The molecular formula is C16H24N2O3S. The molecule has 2 rings (SSSR count). The average Bonchev–Trinajstić information content (AvgIpc) is 2.99. The molecule has 22 heavy (non-hydrogen) atoms. The second kappa shape index (κ2) is 6.69. The summed E-state index contributed by atoms with van der Waals surface area (Å²) >= 11 is 0. The molecule has 1 atom stereocenters. The van der Waals surface area contributed by atoms with Gasteiger partial charge in [-0.3, -0.25) is 9.10 Å². The molecule has 6 heteroatoms. The van der Waals surface area contributed by atoms with E-state index in [1.807, 2.05) is 6.07 Å². The molecule has 0 spiro atoms. The van der Waals surface area contributed by atoms with Gasteiger partial charge in [0.2, 0.25) is 15.9 Å². The van der Waals surface area contributed by atoms with Crippen molar-refractivity contribution in [3.05, 3.63) is 30.3 Å². The first-order chi connectivity index (χ1) is 10.3. The summed E-state index contributed by atoms with van der Waals surface area (Å²) in [5.74, 6) is -0.152. The van der Waals surface area contributed by atoms with E-state index in [1.54, 1.807) is 43.1 Å². The van der Waals surface area contributed by atoms with Crippen LogP contribution in [0.4, 0.5) is 5.69 Å². The Kier molecular flexibility index (Phi) is 5.11. The maximum atomic E-state index is 12.7. The average molecular weight is 324 g/mol. The Labute approximate surface area is 133 Å². The molecule has 1 aliphatic rings. The summed E-state index contributed by atoms with van der Waals surface area (Å²) in [6, 6.07) is 8.26. The molecule has 1 saturated carbocycles. The van der Waals surface area contributed by atoms with Gasteiger partial charge in [0.25, 0.3) is 0 Å². The minimum atomic E-state index is -3.53. The lowest BCUT2D eigenvalue weighted by molar-refractivity contribution is -0.132. The summed E-state index contributed by atoms with van der Waals surface area (Å²) in [5, 5.41) is 0. The Hall–Kier alpha value is -1.56. The van der Waals surface area contributed by atoms with E-state index in [-0.39, 0.29) is 11.9 Å². The standard InChI is InChI=1S/C16H24N2O3S/c1-13(16(19)17(2)14-9-7-8-10-14)18(22(3,20)21)15-11-5-4-6-12-15/h4-6,11-14H,7-10H2,1-3H3/t13-/m0/s1. The molecule has 1 amide bonds. The van der Waals surface area contributed by atoms with Crippen molar-refractivity contribution in [1.29, 1.82) is 0 Å². The van der Waals surface area contributed by atoms with Crippen LogP contribution in [0.3, 0.4) is 0 Å². The molecule has 0 aromatic heterocycles. The molecule has 0 N–H and O–H groups in total. The van der Waals surface area contributed by atoms with Crippen LogP contribution in [0.1, 0.15) is 32.6 Å². The lowest BCUT2D eigenvalue weighted by atomic mass is 10.2. The SMILES string of the molecule is C[C@@H](C(=O)N(C)C1CCCC1)N(c1ccccc1)S(C)(=O)=O. The first-order valence-electron chi connectivity index (χ1n) is 7.63. The zero-order chi connectivity index (χ0) is 16.3. The van der Waals surface area contributed by atoms with E-state index < -0.39 is 16.1 Å². The number of rotatable bonds is 5. The molecule has 0 bridgehead atoms. The molecule has 0 radical (unpaired) electrons. The number of hydrogen-bond donors (Lipinski definition) is 0. The first-order valence-corrected chi connectivity index (χ1v) is 9.48. The minimum Gasteiger partial charge on any atom is -0.341 e. The van der Waals surface area contributed by atoms with Crippen molar-refractivity contribution in [3.63, 3.8) is 0 Å². The molecule has 5 nitrogen and oxygen atoms in total. The number of benzene rings is 1. The number of carbonyl (C=O) groups is 1. The van der Waals surface area contributed by atoms with Gasteiger partial charge >= 0.3 is 0 Å². The zero-order valence-corrected chi connectivity index (χ0v) is 14.2. The number of para-hydroxylation sites is 1. The van der Waals surface area contributed by atoms with Crippen LogP contribution in [0.25, 0.3) is 0 Å². The predicted octanol–water partition coefficient (Wildman–Crippen LogP) is 2.24. The number of amides is 1. The number of likely N-dealkylation sites (N-methyl/N-ethyl adjacent to an activating group) is 1. The fraction of sp³-hybridized carbons (Fsp3) is 0.562. The van der Waals surface area contributed by atoms with Gasteiger partial charge in [-0.2, -0.15) is 0 Å². The molecule has 1 aliphatic carbocycles. The van der Waals surface area contributed by atoms with Crippen LogP contribution in [0.2, 0.25) is 0 Å². The highest BCUT2D eigenvalue weighted by atomic mass is 32.2. The second-order valence-corrected chi connectivity index (χ2v) is 7.82. The first kappa shape index (κ1) is 16.8. The molecular weight excluding hydrogens is 300 g/mol. The maximum absolute atomic E-state index is 12.7. The fourth-order valence-corrected chi connectivity index (χ4v) is 4.31. The second-order valence-electron chi connectivity index (χ2n) is 5.96. The summed E-state index contributed by atoms with van der Waals surface area (Å²) in [4.78, 5) is 14.4. The van der Waals surface area contributed by atoms with Crippen molar-refractivity contribution >= 4 is 21.6 Å². The monoisotopic (exact) mass is 324 g/mol. The van der Waals surface area contributed by atoms with Gasteiger partial charge in [0.05, 0.1) is 11.9 Å². The molecule has 1 fully saturated rings. The van der Waals surface area contributed by atoms with E-state index in [4.69, 9.17) is 0 Å². The van der Waals surface area contributed by atoms with Crippen LogP contribution in [0.15, 0.2) is 30.3 Å². The third-order valence-electron chi connectivity index (χ3n) is 4.30. The highest BCUT2D eigenvalue weighted by Crippen LogP contribution is 2.25. The quantitative estimate of drug-likeness (QED) is 0.834. The van der Waals surface area contributed by atoms with Crippen molar-refractivity contribution in [2.75, 3.05) is 17.6 Å². The highest BCUT2D eigenvalue weighted by molar-refractivity contribution is 7.92. The number of carbonyl (C=O) groups excluding carboxylic acids is 1. The normalized spacial score (nSPS) is 17.2. The van der Waals surface area contributed by atoms with E-state index in [0.29, 0.717) is 5.69 Å². The van der Waals surface area contributed by atoms with Gasteiger partial charge in [-0.1, -0.05) is 31.0 Å². The summed E-state index contributed by atoms with van der Waals surface area (Å²) in [6.45, 7) is 1.65. The summed E-state index contributed by atoms with van der Waals surface area (Å²) in [7, 11) is -1.76. The third-order valence-corrected chi connectivity index (χ3v) is 5.54. The highest BCUT2D eigenvalue weighted by Gasteiger charge is 2.33. The Morgan fingerprint density at radius 3 is 2.23 bits per heavy atom. The van der Waals surface area contributed by atoms with Gasteiger partial charge in [0.1, 0.15) is 6.04 Å². The summed E-state index contributed by atoms with van der Waals surface area (Å²) in [5.41, 5.74) is 0.519. The zero-order valence-electron chi connectivity index (χ0n) is 13.4. The Morgan fingerprint density at radius 2 is 1.73 bits per heavy atom. The third kappa shape index (κ3) is 3.61. The minimum absolute atomic E-state index is 0.152. The van der Waals surface area contributed by atoms with Gasteiger partial charge in [0, 0.05) is 13.1 Å². The molecule has 1 aromatic carbocycles. The summed E-state index contributed by atoms with van der Waals surface area (Å²) in [6.07, 6.45) is 5.40. The van der Waals surface area contributed by atoms with Gasteiger partial charge in [-0.25, -0.2) is 8.42 Å². The van der Waals surface area contributed by atoms with Crippen molar-refractivity contribution in [2.24, 2.45) is 0 Å². The van der Waals surface area contributed by atoms with Crippen molar-refractivity contribution in [3.8, 4) is 0 Å². The van der Waals surface area contributed by atoms with Crippen molar-refractivity contribution in [1.82, 2.24) is 4.90 Å². The van der Waals surface area contributed by atoms with Crippen molar-refractivity contribution < 1.29 is 13.2 Å². The fourth-order valence-electron chi connectivity index (χ4n) is 3.14. The lowest BCUT2D eigenvalue weighted by Gasteiger charge is -2.33. The Morgan fingerprint density at radius 1 is 1.18 bits per heavy atom. The largest absolute Gasteiger partial charge is 0.341 e. The van der Waals surface area contributed by atoms with E-state index in [2.05, 4.69) is 0 Å². The van der Waals surface area contributed by atoms with Crippen molar-refractivity contribution in [2.45, 2.75) is 44.7 Å². The number of sulfonamides is 1. The molecule has 0 aliphatic heterocycles. The van der Waals surface area contributed by atoms with Gasteiger partial charge in [0.15, 0.2) is 0 Å². The van der Waals surface area contributed by atoms with E-state index in [1.165, 1.54) is 4.31 Å². The molecule has 1 aromatic rings. The topological polar surface area (TPSA) is 57.7 Å². The number of hydrogen-bond acceptors (Lipinski definition) is 3. The molecule has 0 saturated heterocycles. The van der Waals surface area contributed by atoms with E-state index >= 15 is 0 Å². The van der Waals surface area contributed by atoms with Gasteiger partial charge in [-0.15, -0.1) is 0 Å². The van der Waals surface area contributed by atoms with Gasteiger partial charge < -0.3 is 4.90 Å². The molecule has 122 valence electrons. The lowest BCUT2D eigenvalue weighted by Crippen LogP contribution is -2.50. The van der Waals surface area contributed by atoms with E-state index in [0.717, 1.165) is 31.9 Å². The van der Waals surface area contributed by atoms with Crippen LogP contribution < -0.4 is 4.31 Å². The van der Waals surface area contributed by atoms with Crippen LogP contribution in [-0.2, 0) is 14.8 Å². The molecule has 0 heterocycles. The van der Waals surface area contributed by atoms with Crippen LogP contribution in [-0.4, -0.2) is 44.6 Å². The Balaban J connectivity index is 2.26. The Bertz CT molecular complexity index is 610. The maximum Gasteiger partial charge on any atom is 0.246 e. The van der Waals surface area contributed by atoms with Crippen LogP contribution in [0, 0.1) is 0 Å². The van der Waals surface area contributed by atoms with E-state index in [9.17, 15) is 13.2 Å². The van der Waals surface area contributed by atoms with Crippen LogP contribution in [0.5, 0.6) is 0 Å². The predicted molar refractivity (Wildman–Crippen MR) is 88.3 cm³/mol. The van der Waals surface area contributed by atoms with Gasteiger partial charge in [-0.05, 0) is 31.9 Å². The summed E-state index contributed by atoms with van der Waals surface area (Å²) < 4.78 is 25.6. The number of anilines is 1. The van der Waals surface area contributed by atoms with Crippen LogP contribution >= 0.6 is 0 Å².